The summed E-state index contributed by atoms with van der Waals surface area (Å²) in [4.78, 5) is 22.0. The van der Waals surface area contributed by atoms with E-state index in [1.807, 2.05) is 11.8 Å². The van der Waals surface area contributed by atoms with E-state index in [2.05, 4.69) is 27.7 Å². The number of urea groups is 1. The monoisotopic (exact) mass is 276 g/mol. The van der Waals surface area contributed by atoms with Gasteiger partial charge in [-0.1, -0.05) is 6.42 Å². The summed E-state index contributed by atoms with van der Waals surface area (Å²) in [5, 5.41) is 6.32. The third-order valence-electron chi connectivity index (χ3n) is 3.16. The molecule has 3 atom stereocenters. The van der Waals surface area contributed by atoms with Gasteiger partial charge in [0.05, 0.1) is 12.1 Å². The third-order valence-corrected chi connectivity index (χ3v) is 4.87. The van der Waals surface area contributed by atoms with Crippen LogP contribution in [0.15, 0.2) is 0 Å². The number of hydrogen-bond donors (Lipinski definition) is 3. The molecule has 2 heterocycles. The van der Waals surface area contributed by atoms with Gasteiger partial charge in [-0.2, -0.15) is 11.8 Å². The lowest BCUT2D eigenvalue weighted by atomic mass is 10.0. The Morgan fingerprint density at radius 2 is 2.29 bits per heavy atom. The van der Waals surface area contributed by atoms with Gasteiger partial charge in [-0.05, 0) is 12.8 Å². The van der Waals surface area contributed by atoms with Crippen molar-refractivity contribution in [2.24, 2.45) is 0 Å². The van der Waals surface area contributed by atoms with Crippen LogP contribution in [0.3, 0.4) is 0 Å². The lowest BCUT2D eigenvalue weighted by molar-refractivity contribution is -0.132. The zero-order chi connectivity index (χ0) is 12.3. The van der Waals surface area contributed by atoms with Crippen molar-refractivity contribution in [3.05, 3.63) is 0 Å². The van der Waals surface area contributed by atoms with Crippen LogP contribution in [0.4, 0.5) is 4.79 Å². The second-order valence-electron chi connectivity index (χ2n) is 4.33. The second kappa shape index (κ2) is 5.86. The predicted octanol–water partition coefficient (Wildman–Crippen LogP) is 1.10. The fourth-order valence-electron chi connectivity index (χ4n) is 2.30. The van der Waals surface area contributed by atoms with E-state index in [0.717, 1.165) is 25.0 Å². The summed E-state index contributed by atoms with van der Waals surface area (Å²) in [5.74, 6) is 0.702. The van der Waals surface area contributed by atoms with E-state index in [0.29, 0.717) is 11.7 Å². The molecule has 0 unspecified atom stereocenters. The Bertz CT molecular complexity index is 314. The number of nitrogens with one attached hydrogen (secondary N) is 2. The Morgan fingerprint density at radius 1 is 1.47 bits per heavy atom. The summed E-state index contributed by atoms with van der Waals surface area (Å²) in [6, 6.07) is 0.480. The summed E-state index contributed by atoms with van der Waals surface area (Å²) in [6.07, 6.45) is 3.22. The van der Waals surface area contributed by atoms with Crippen molar-refractivity contribution in [3.63, 3.8) is 0 Å². The van der Waals surface area contributed by atoms with Crippen LogP contribution < -0.4 is 10.6 Å². The number of hydrogen-bond acceptors (Lipinski definition) is 5. The number of thioether (sulfide) groups is 1. The topological polar surface area (TPSA) is 67.4 Å². The van der Waals surface area contributed by atoms with Crippen molar-refractivity contribution in [1.82, 2.24) is 10.6 Å². The molecule has 0 bridgehead atoms. The summed E-state index contributed by atoms with van der Waals surface area (Å²) in [5.41, 5.74) is 0. The van der Waals surface area contributed by atoms with E-state index in [4.69, 9.17) is 0 Å². The minimum Gasteiger partial charge on any atom is -0.395 e. The highest BCUT2D eigenvalue weighted by Crippen LogP contribution is 2.33. The number of thiol groups is 1. The molecule has 0 saturated carbocycles. The number of carbonyl (C=O) groups is 2. The van der Waals surface area contributed by atoms with Crippen molar-refractivity contribution in [2.75, 3.05) is 5.75 Å². The summed E-state index contributed by atoms with van der Waals surface area (Å²) < 4.78 is 4.29. The van der Waals surface area contributed by atoms with Crippen molar-refractivity contribution >= 4 is 36.7 Å². The first-order valence-electron chi connectivity index (χ1n) is 5.73. The average molecular weight is 276 g/mol. The summed E-state index contributed by atoms with van der Waals surface area (Å²) in [6.45, 7) is 0. The number of rotatable bonds is 5. The number of unbranched alkanes of at least 4 members (excludes halogenated alkanes) is 1. The van der Waals surface area contributed by atoms with Crippen molar-refractivity contribution in [3.8, 4) is 0 Å². The SMILES string of the molecule is O=C1N[C@@H]2[C@@H](CS[C@@H]2CCCCC(=O)OS)N1. The van der Waals surface area contributed by atoms with Gasteiger partial charge in [-0.3, -0.25) is 4.79 Å². The quantitative estimate of drug-likeness (QED) is 0.304. The Balaban J connectivity index is 1.66. The van der Waals surface area contributed by atoms with Gasteiger partial charge in [-0.15, -0.1) is 0 Å². The van der Waals surface area contributed by atoms with Gasteiger partial charge in [0.25, 0.3) is 0 Å². The van der Waals surface area contributed by atoms with Crippen LogP contribution in [0.1, 0.15) is 25.7 Å². The van der Waals surface area contributed by atoms with Gasteiger partial charge in [0, 0.05) is 30.3 Å². The molecule has 96 valence electrons. The zero-order valence-electron chi connectivity index (χ0n) is 9.35. The first-order chi connectivity index (χ1) is 8.20. The lowest BCUT2D eigenvalue weighted by Gasteiger charge is -2.16. The largest absolute Gasteiger partial charge is 0.395 e. The molecule has 0 aromatic carbocycles. The normalized spacial score (nSPS) is 30.6. The molecule has 0 aromatic heterocycles. The van der Waals surface area contributed by atoms with Gasteiger partial charge >= 0.3 is 12.0 Å². The first kappa shape index (κ1) is 12.9. The Hall–Kier alpha value is -0.560. The van der Waals surface area contributed by atoms with Crippen LogP contribution >= 0.6 is 24.7 Å². The lowest BCUT2D eigenvalue weighted by Crippen LogP contribution is -2.36. The number of amides is 2. The summed E-state index contributed by atoms with van der Waals surface area (Å²) in [7, 11) is 0. The maximum absolute atomic E-state index is 11.2. The molecule has 2 saturated heterocycles. The van der Waals surface area contributed by atoms with Crippen molar-refractivity contribution in [2.45, 2.75) is 43.0 Å². The molecule has 2 aliphatic rings. The van der Waals surface area contributed by atoms with Crippen LogP contribution in [0.25, 0.3) is 0 Å². The molecule has 2 aliphatic heterocycles. The molecule has 0 aliphatic carbocycles. The summed E-state index contributed by atoms with van der Waals surface area (Å²) >= 11 is 5.35. The van der Waals surface area contributed by atoms with Crippen molar-refractivity contribution < 1.29 is 13.8 Å². The minimum absolute atomic E-state index is 0.0519. The molecule has 2 rings (SSSR count). The van der Waals surface area contributed by atoms with E-state index in [1.54, 1.807) is 0 Å². The number of fused-ring (bicyclic) bond motifs is 1. The van der Waals surface area contributed by atoms with Gasteiger partial charge in [-0.25, -0.2) is 4.79 Å². The first-order valence-corrected chi connectivity index (χ1v) is 7.15. The van der Waals surface area contributed by atoms with E-state index >= 15 is 0 Å². The van der Waals surface area contributed by atoms with Crippen LogP contribution in [0, 0.1) is 0 Å². The van der Waals surface area contributed by atoms with E-state index in [1.165, 1.54) is 0 Å². The van der Waals surface area contributed by atoms with Gasteiger partial charge in [0.2, 0.25) is 0 Å². The van der Waals surface area contributed by atoms with E-state index in [-0.39, 0.29) is 24.1 Å². The minimum atomic E-state index is -0.277. The molecule has 2 N–H and O–H groups in total. The zero-order valence-corrected chi connectivity index (χ0v) is 11.1. The Morgan fingerprint density at radius 3 is 3.06 bits per heavy atom. The van der Waals surface area contributed by atoms with E-state index < -0.39 is 0 Å². The molecule has 17 heavy (non-hydrogen) atoms. The highest BCUT2D eigenvalue weighted by molar-refractivity contribution is 8.00. The molecule has 0 spiro atoms. The molecule has 2 amide bonds. The smallest absolute Gasteiger partial charge is 0.317 e. The maximum atomic E-state index is 11.2. The predicted molar refractivity (Wildman–Crippen MR) is 69.0 cm³/mol. The van der Waals surface area contributed by atoms with Gasteiger partial charge in [0.15, 0.2) is 0 Å². The van der Waals surface area contributed by atoms with Crippen molar-refractivity contribution in [1.29, 1.82) is 0 Å². The van der Waals surface area contributed by atoms with Gasteiger partial charge in [0.1, 0.15) is 0 Å². The third kappa shape index (κ3) is 3.22. The molecule has 5 nitrogen and oxygen atoms in total. The molecular formula is C10H16N2O3S2. The maximum Gasteiger partial charge on any atom is 0.317 e. The fourth-order valence-corrected chi connectivity index (χ4v) is 3.94. The molecule has 7 heteroatoms. The standard InChI is InChI=1S/C10H16N2O3S2/c13-8(15-16)4-2-1-3-7-9-6(5-17-7)11-10(14)12-9/h6-7,9,16H,1-5H2,(H2,11,12,14)/t6-,7-,9-/m1/s1. The molecular weight excluding hydrogens is 260 g/mol. The average Bonchev–Trinajstić information content (AvgIpc) is 2.84. The fraction of sp³-hybridized carbons (Fsp3) is 0.800. The number of carbonyl (C=O) groups excluding carboxylic acids is 2. The highest BCUT2D eigenvalue weighted by atomic mass is 32.2. The highest BCUT2D eigenvalue weighted by Gasteiger charge is 2.42. The van der Waals surface area contributed by atoms with E-state index in [9.17, 15) is 9.59 Å². The van der Waals surface area contributed by atoms with Gasteiger partial charge < -0.3 is 14.8 Å². The Kier molecular flexibility index (Phi) is 4.44. The molecule has 0 aromatic rings. The Labute approximate surface area is 110 Å². The second-order valence-corrected chi connectivity index (χ2v) is 5.79. The van der Waals surface area contributed by atoms with Crippen LogP contribution in [-0.4, -0.2) is 35.1 Å². The van der Waals surface area contributed by atoms with Crippen LogP contribution in [0.2, 0.25) is 0 Å². The molecule has 0 radical (unpaired) electrons. The van der Waals surface area contributed by atoms with Crippen LogP contribution in [-0.2, 0) is 8.98 Å². The molecule has 2 fully saturated rings. The van der Waals surface area contributed by atoms with Crippen LogP contribution in [0.5, 0.6) is 0 Å².